The fourth-order valence-electron chi connectivity index (χ4n) is 2.53. The fourth-order valence-corrected chi connectivity index (χ4v) is 2.89. The van der Waals surface area contributed by atoms with Crippen LogP contribution < -0.4 is 5.32 Å². The zero-order chi connectivity index (χ0) is 15.5. The van der Waals surface area contributed by atoms with E-state index in [0.717, 1.165) is 38.3 Å². The Morgan fingerprint density at radius 3 is 2.38 bits per heavy atom. The maximum Gasteiger partial charge on any atom is 0.321 e. The molecular formula is C16H24IN3O. The van der Waals surface area contributed by atoms with E-state index in [-0.39, 0.29) is 11.6 Å². The van der Waals surface area contributed by atoms with Crippen molar-refractivity contribution >= 4 is 34.3 Å². The Hall–Kier alpha value is -0.820. The van der Waals surface area contributed by atoms with Gasteiger partial charge in [0.15, 0.2) is 0 Å². The molecule has 1 aliphatic heterocycles. The molecule has 2 amide bonds. The molecule has 21 heavy (non-hydrogen) atoms. The highest BCUT2D eigenvalue weighted by atomic mass is 127. The monoisotopic (exact) mass is 401 g/mol. The van der Waals surface area contributed by atoms with Gasteiger partial charge in [-0.05, 0) is 74.0 Å². The van der Waals surface area contributed by atoms with Gasteiger partial charge in [-0.15, -0.1) is 0 Å². The second-order valence-corrected chi connectivity index (χ2v) is 7.68. The molecule has 0 bridgehead atoms. The summed E-state index contributed by atoms with van der Waals surface area (Å²) in [7, 11) is 0. The molecule has 4 nitrogen and oxygen atoms in total. The number of carbonyl (C=O) groups excluding carboxylic acids is 1. The number of hydrogen-bond acceptors (Lipinski definition) is 2. The molecule has 0 radical (unpaired) electrons. The van der Waals surface area contributed by atoms with Gasteiger partial charge in [0.1, 0.15) is 0 Å². The van der Waals surface area contributed by atoms with Gasteiger partial charge >= 0.3 is 6.03 Å². The highest BCUT2D eigenvalue weighted by Gasteiger charge is 2.25. The summed E-state index contributed by atoms with van der Waals surface area (Å²) in [5, 5.41) is 2.99. The van der Waals surface area contributed by atoms with E-state index in [1.165, 1.54) is 3.57 Å². The average molecular weight is 401 g/mol. The van der Waals surface area contributed by atoms with Crippen molar-refractivity contribution in [3.05, 3.63) is 27.8 Å². The maximum atomic E-state index is 12.4. The molecule has 5 heteroatoms. The molecule has 1 fully saturated rings. The first-order valence-corrected chi connectivity index (χ1v) is 8.51. The van der Waals surface area contributed by atoms with Crippen LogP contribution in [-0.4, -0.2) is 47.5 Å². The lowest BCUT2D eigenvalue weighted by Gasteiger charge is -2.34. The van der Waals surface area contributed by atoms with Crippen LogP contribution in [0.25, 0.3) is 0 Å². The number of nitrogens with one attached hydrogen (secondary N) is 1. The Balaban J connectivity index is 1.92. The first-order chi connectivity index (χ1) is 9.86. The predicted octanol–water partition coefficient (Wildman–Crippen LogP) is 3.63. The molecule has 1 aromatic rings. The van der Waals surface area contributed by atoms with Gasteiger partial charge in [-0.1, -0.05) is 0 Å². The van der Waals surface area contributed by atoms with Gasteiger partial charge in [-0.2, -0.15) is 0 Å². The van der Waals surface area contributed by atoms with Gasteiger partial charge in [-0.3, -0.25) is 4.90 Å². The van der Waals surface area contributed by atoms with Crippen molar-refractivity contribution in [2.24, 2.45) is 0 Å². The van der Waals surface area contributed by atoms with Crippen molar-refractivity contribution in [2.45, 2.75) is 32.7 Å². The maximum absolute atomic E-state index is 12.4. The zero-order valence-corrected chi connectivity index (χ0v) is 15.2. The molecular weight excluding hydrogens is 377 g/mol. The van der Waals surface area contributed by atoms with E-state index in [2.05, 4.69) is 53.6 Å². The van der Waals surface area contributed by atoms with Crippen LogP contribution in [0.4, 0.5) is 10.5 Å². The molecule has 0 aromatic heterocycles. The van der Waals surface area contributed by atoms with Gasteiger partial charge in [0.05, 0.1) is 0 Å². The van der Waals surface area contributed by atoms with Crippen LogP contribution in [-0.2, 0) is 0 Å². The minimum atomic E-state index is 0.00645. The number of urea groups is 1. The number of anilines is 1. The van der Waals surface area contributed by atoms with E-state index in [0.29, 0.717) is 0 Å². The van der Waals surface area contributed by atoms with E-state index in [4.69, 9.17) is 0 Å². The van der Waals surface area contributed by atoms with Gasteiger partial charge in [-0.25, -0.2) is 4.79 Å². The summed E-state index contributed by atoms with van der Waals surface area (Å²) in [6.45, 7) is 10.3. The molecule has 0 unspecified atom stereocenters. The lowest BCUT2D eigenvalue weighted by molar-refractivity contribution is 0.142. The van der Waals surface area contributed by atoms with Crippen LogP contribution in [0.5, 0.6) is 0 Å². The summed E-state index contributed by atoms with van der Waals surface area (Å²) in [5.74, 6) is 0. The van der Waals surface area contributed by atoms with Crippen molar-refractivity contribution in [3.63, 3.8) is 0 Å². The minimum Gasteiger partial charge on any atom is -0.323 e. The van der Waals surface area contributed by atoms with Crippen molar-refractivity contribution in [2.75, 3.05) is 31.5 Å². The molecule has 0 spiro atoms. The molecule has 0 saturated carbocycles. The second-order valence-electron chi connectivity index (χ2n) is 6.44. The number of benzene rings is 1. The summed E-state index contributed by atoms with van der Waals surface area (Å²) < 4.78 is 1.17. The van der Waals surface area contributed by atoms with Crippen LogP contribution in [0.3, 0.4) is 0 Å². The Morgan fingerprint density at radius 2 is 1.76 bits per heavy atom. The molecule has 0 aliphatic carbocycles. The molecule has 116 valence electrons. The number of nitrogens with zero attached hydrogens (tertiary/aromatic N) is 2. The molecule has 1 heterocycles. The molecule has 0 atom stereocenters. The van der Waals surface area contributed by atoms with Crippen molar-refractivity contribution in [3.8, 4) is 0 Å². The van der Waals surface area contributed by atoms with Gasteiger partial charge in [0.25, 0.3) is 0 Å². The van der Waals surface area contributed by atoms with Crippen LogP contribution in [0.15, 0.2) is 24.3 Å². The SMILES string of the molecule is CC(C)(C)N1CCCN(C(=O)Nc2ccc(I)cc2)CC1. The largest absolute Gasteiger partial charge is 0.323 e. The van der Waals surface area contributed by atoms with Crippen LogP contribution >= 0.6 is 22.6 Å². The van der Waals surface area contributed by atoms with E-state index in [1.807, 2.05) is 29.2 Å². The molecule has 1 saturated heterocycles. The highest BCUT2D eigenvalue weighted by Crippen LogP contribution is 2.17. The van der Waals surface area contributed by atoms with Crippen molar-refractivity contribution in [1.29, 1.82) is 0 Å². The quantitative estimate of drug-likeness (QED) is 0.730. The number of carbonyl (C=O) groups is 1. The van der Waals surface area contributed by atoms with Gasteiger partial charge < -0.3 is 10.2 Å². The molecule has 1 N–H and O–H groups in total. The fraction of sp³-hybridized carbons (Fsp3) is 0.562. The number of halogens is 1. The summed E-state index contributed by atoms with van der Waals surface area (Å²) in [5.41, 5.74) is 1.03. The van der Waals surface area contributed by atoms with Crippen LogP contribution in [0, 0.1) is 3.57 Å². The topological polar surface area (TPSA) is 35.6 Å². The summed E-state index contributed by atoms with van der Waals surface area (Å²) in [4.78, 5) is 16.7. The first-order valence-electron chi connectivity index (χ1n) is 7.43. The predicted molar refractivity (Wildman–Crippen MR) is 95.7 cm³/mol. The van der Waals surface area contributed by atoms with Crippen LogP contribution in [0.1, 0.15) is 27.2 Å². The molecule has 1 aliphatic rings. The molecule has 2 rings (SSSR count). The number of amides is 2. The average Bonchev–Trinajstić information content (AvgIpc) is 2.67. The zero-order valence-electron chi connectivity index (χ0n) is 13.0. The first kappa shape index (κ1) is 16.5. The third kappa shape index (κ3) is 4.85. The summed E-state index contributed by atoms with van der Waals surface area (Å²) >= 11 is 2.26. The van der Waals surface area contributed by atoms with Crippen molar-refractivity contribution in [1.82, 2.24) is 9.80 Å². The molecule has 1 aromatic carbocycles. The van der Waals surface area contributed by atoms with E-state index >= 15 is 0 Å². The van der Waals surface area contributed by atoms with E-state index < -0.39 is 0 Å². The lowest BCUT2D eigenvalue weighted by atomic mass is 10.1. The Morgan fingerprint density at radius 1 is 1.10 bits per heavy atom. The summed E-state index contributed by atoms with van der Waals surface area (Å²) in [6.07, 6.45) is 1.03. The number of rotatable bonds is 1. The van der Waals surface area contributed by atoms with Gasteiger partial charge in [0, 0.05) is 41.0 Å². The highest BCUT2D eigenvalue weighted by molar-refractivity contribution is 14.1. The second kappa shape index (κ2) is 6.96. The lowest BCUT2D eigenvalue weighted by Crippen LogP contribution is -2.44. The van der Waals surface area contributed by atoms with E-state index in [9.17, 15) is 4.79 Å². The van der Waals surface area contributed by atoms with Crippen LogP contribution in [0.2, 0.25) is 0 Å². The van der Waals surface area contributed by atoms with Gasteiger partial charge in [0.2, 0.25) is 0 Å². The van der Waals surface area contributed by atoms with Crippen molar-refractivity contribution < 1.29 is 4.79 Å². The Bertz CT molecular complexity index is 481. The third-order valence-electron chi connectivity index (χ3n) is 3.83. The normalized spacial score (nSPS) is 17.4. The summed E-state index contributed by atoms with van der Waals surface area (Å²) in [6, 6.07) is 7.89. The number of hydrogen-bond donors (Lipinski definition) is 1. The smallest absolute Gasteiger partial charge is 0.321 e. The minimum absolute atomic E-state index is 0.00645. The standard InChI is InChI=1S/C16H24IN3O/c1-16(2,3)20-10-4-9-19(11-12-20)15(21)18-14-7-5-13(17)6-8-14/h5-8H,4,9-12H2,1-3H3,(H,18,21). The Kier molecular flexibility index (Phi) is 5.48. The third-order valence-corrected chi connectivity index (χ3v) is 4.55. The Labute approximate surface area is 141 Å². The van der Waals surface area contributed by atoms with E-state index in [1.54, 1.807) is 0 Å².